The SMILES string of the molecule is O=C(NCCCC(CO)(CO)CCCNC(=O)C(F)(F)F)C(F)(F)F. The van der Waals surface area contributed by atoms with E-state index in [1.54, 1.807) is 10.6 Å². The number of aliphatic hydroxyl groups excluding tert-OH is 2. The highest BCUT2D eigenvalue weighted by Gasteiger charge is 2.39. The van der Waals surface area contributed by atoms with E-state index < -0.39 is 42.8 Å². The second-order valence-corrected chi connectivity index (χ2v) is 5.53. The largest absolute Gasteiger partial charge is 0.471 e. The highest BCUT2D eigenvalue weighted by Crippen LogP contribution is 2.28. The molecule has 0 aromatic carbocycles. The van der Waals surface area contributed by atoms with Crippen LogP contribution < -0.4 is 10.6 Å². The number of aliphatic hydroxyl groups is 2. The van der Waals surface area contributed by atoms with Crippen LogP contribution in [-0.4, -0.2) is 60.7 Å². The molecule has 0 saturated carbocycles. The first-order chi connectivity index (χ1) is 11.4. The molecule has 0 heterocycles. The van der Waals surface area contributed by atoms with Crippen molar-refractivity contribution in [3.63, 3.8) is 0 Å². The maximum atomic E-state index is 12.0. The average Bonchev–Trinajstić information content (AvgIpc) is 2.51. The Hall–Kier alpha value is -1.56. The summed E-state index contributed by atoms with van der Waals surface area (Å²) in [6.07, 6.45) is -9.93. The molecule has 6 nitrogen and oxygen atoms in total. The topological polar surface area (TPSA) is 98.7 Å². The number of alkyl halides is 6. The van der Waals surface area contributed by atoms with Crippen molar-refractivity contribution in [2.75, 3.05) is 26.3 Å². The maximum absolute atomic E-state index is 12.0. The Bertz CT molecular complexity index is 399. The van der Waals surface area contributed by atoms with Crippen molar-refractivity contribution in [2.24, 2.45) is 5.41 Å². The Labute approximate surface area is 139 Å². The van der Waals surface area contributed by atoms with Gasteiger partial charge in [-0.05, 0) is 25.7 Å². The molecular weight excluding hydrogens is 362 g/mol. The van der Waals surface area contributed by atoms with E-state index in [2.05, 4.69) is 0 Å². The molecule has 0 aromatic heterocycles. The van der Waals surface area contributed by atoms with Gasteiger partial charge in [0, 0.05) is 18.5 Å². The van der Waals surface area contributed by atoms with Crippen LogP contribution in [0.1, 0.15) is 25.7 Å². The van der Waals surface area contributed by atoms with E-state index in [-0.39, 0.29) is 38.8 Å². The summed E-state index contributed by atoms with van der Waals surface area (Å²) in [4.78, 5) is 21.2. The lowest BCUT2D eigenvalue weighted by molar-refractivity contribution is -0.173. The Morgan fingerprint density at radius 1 is 0.720 bits per heavy atom. The van der Waals surface area contributed by atoms with E-state index in [9.17, 15) is 46.1 Å². The van der Waals surface area contributed by atoms with Gasteiger partial charge in [-0.15, -0.1) is 0 Å². The Balaban J connectivity index is 4.28. The molecule has 0 aromatic rings. The van der Waals surface area contributed by atoms with E-state index in [1.165, 1.54) is 0 Å². The van der Waals surface area contributed by atoms with E-state index in [0.29, 0.717) is 0 Å². The predicted octanol–water partition coefficient (Wildman–Crippen LogP) is 0.875. The summed E-state index contributed by atoms with van der Waals surface area (Å²) in [5.74, 6) is -4.22. The lowest BCUT2D eigenvalue weighted by Crippen LogP contribution is -2.39. The van der Waals surface area contributed by atoms with Gasteiger partial charge in [0.25, 0.3) is 0 Å². The fraction of sp³-hybridized carbons (Fsp3) is 0.846. The van der Waals surface area contributed by atoms with Gasteiger partial charge in [-0.1, -0.05) is 0 Å². The first-order valence-corrected chi connectivity index (χ1v) is 7.30. The molecule has 0 aliphatic rings. The van der Waals surface area contributed by atoms with Crippen molar-refractivity contribution in [1.82, 2.24) is 10.6 Å². The summed E-state index contributed by atoms with van der Waals surface area (Å²) < 4.78 is 71.9. The average molecular weight is 382 g/mol. The smallest absolute Gasteiger partial charge is 0.396 e. The molecule has 148 valence electrons. The number of halogens is 6. The summed E-state index contributed by atoms with van der Waals surface area (Å²) >= 11 is 0. The van der Waals surface area contributed by atoms with E-state index in [0.717, 1.165) is 0 Å². The zero-order chi connectivity index (χ0) is 19.7. The zero-order valence-electron chi connectivity index (χ0n) is 13.1. The van der Waals surface area contributed by atoms with Gasteiger partial charge >= 0.3 is 24.2 Å². The summed E-state index contributed by atoms with van der Waals surface area (Å²) in [5, 5.41) is 22.0. The van der Waals surface area contributed by atoms with Gasteiger partial charge in [0.15, 0.2) is 0 Å². The Morgan fingerprint density at radius 2 is 1.04 bits per heavy atom. The van der Waals surface area contributed by atoms with Gasteiger partial charge in [-0.2, -0.15) is 26.3 Å². The van der Waals surface area contributed by atoms with Crippen LogP contribution in [0.2, 0.25) is 0 Å². The second kappa shape index (κ2) is 9.80. The predicted molar refractivity (Wildman–Crippen MR) is 73.2 cm³/mol. The number of rotatable bonds is 10. The van der Waals surface area contributed by atoms with Crippen molar-refractivity contribution in [3.05, 3.63) is 0 Å². The van der Waals surface area contributed by atoms with Crippen molar-refractivity contribution >= 4 is 11.8 Å². The van der Waals surface area contributed by atoms with Crippen molar-refractivity contribution in [1.29, 1.82) is 0 Å². The van der Waals surface area contributed by atoms with Gasteiger partial charge in [0.2, 0.25) is 0 Å². The first-order valence-electron chi connectivity index (χ1n) is 7.30. The van der Waals surface area contributed by atoms with Crippen LogP contribution in [0.3, 0.4) is 0 Å². The molecule has 0 radical (unpaired) electrons. The minimum atomic E-state index is -5.01. The molecule has 0 unspecified atom stereocenters. The molecule has 12 heteroatoms. The highest BCUT2D eigenvalue weighted by atomic mass is 19.4. The van der Waals surface area contributed by atoms with Gasteiger partial charge < -0.3 is 20.8 Å². The van der Waals surface area contributed by atoms with Crippen molar-refractivity contribution in [2.45, 2.75) is 38.0 Å². The zero-order valence-corrected chi connectivity index (χ0v) is 13.1. The highest BCUT2D eigenvalue weighted by molar-refractivity contribution is 5.81. The molecular formula is C13H20F6N2O4. The molecule has 0 spiro atoms. The molecule has 4 N–H and O–H groups in total. The molecule has 0 saturated heterocycles. The van der Waals surface area contributed by atoms with Crippen LogP contribution in [0.25, 0.3) is 0 Å². The molecule has 0 fully saturated rings. The number of hydrogen-bond donors (Lipinski definition) is 4. The number of hydrogen-bond acceptors (Lipinski definition) is 4. The Morgan fingerprint density at radius 3 is 1.28 bits per heavy atom. The van der Waals surface area contributed by atoms with Gasteiger partial charge in [-0.3, -0.25) is 9.59 Å². The number of nitrogens with one attached hydrogen (secondary N) is 2. The minimum absolute atomic E-state index is 0.0118. The molecule has 2 amide bonds. The molecule has 0 aliphatic heterocycles. The molecule has 0 rings (SSSR count). The van der Waals surface area contributed by atoms with Gasteiger partial charge in [-0.25, -0.2) is 0 Å². The maximum Gasteiger partial charge on any atom is 0.471 e. The normalized spacial score (nSPS) is 12.8. The number of carbonyl (C=O) groups is 2. The molecule has 0 aliphatic carbocycles. The fourth-order valence-electron chi connectivity index (χ4n) is 2.02. The van der Waals surface area contributed by atoms with Crippen LogP contribution >= 0.6 is 0 Å². The quantitative estimate of drug-likeness (QED) is 0.333. The van der Waals surface area contributed by atoms with E-state index >= 15 is 0 Å². The number of amides is 2. The summed E-state index contributed by atoms with van der Waals surface area (Å²) in [5.41, 5.74) is -1.13. The third-order valence-electron chi connectivity index (χ3n) is 3.52. The van der Waals surface area contributed by atoms with Crippen molar-refractivity contribution < 1.29 is 46.1 Å². The monoisotopic (exact) mass is 382 g/mol. The van der Waals surface area contributed by atoms with Crippen LogP contribution in [0.15, 0.2) is 0 Å². The summed E-state index contributed by atoms with van der Waals surface area (Å²) in [6, 6.07) is 0. The Kier molecular flexibility index (Phi) is 9.19. The standard InChI is InChI=1S/C13H20F6N2O4/c14-12(15,16)9(24)20-5-1-3-11(7-22,8-23)4-2-6-21-10(25)13(17,18)19/h22-23H,1-8H2,(H,20,24)(H,21,25). The van der Waals surface area contributed by atoms with Crippen molar-refractivity contribution in [3.8, 4) is 0 Å². The van der Waals surface area contributed by atoms with Gasteiger partial charge in [0.05, 0.1) is 13.2 Å². The second-order valence-electron chi connectivity index (χ2n) is 5.53. The first kappa shape index (κ1) is 23.4. The number of carbonyl (C=O) groups excluding carboxylic acids is 2. The van der Waals surface area contributed by atoms with Crippen LogP contribution in [0.4, 0.5) is 26.3 Å². The van der Waals surface area contributed by atoms with E-state index in [1.807, 2.05) is 0 Å². The third kappa shape index (κ3) is 8.91. The van der Waals surface area contributed by atoms with Crippen LogP contribution in [-0.2, 0) is 9.59 Å². The minimum Gasteiger partial charge on any atom is -0.396 e. The van der Waals surface area contributed by atoms with Crippen LogP contribution in [0, 0.1) is 5.41 Å². The fourth-order valence-corrected chi connectivity index (χ4v) is 2.02. The van der Waals surface area contributed by atoms with Crippen LogP contribution in [0.5, 0.6) is 0 Å². The van der Waals surface area contributed by atoms with E-state index in [4.69, 9.17) is 0 Å². The summed E-state index contributed by atoms with van der Waals surface area (Å²) in [6.45, 7) is -1.79. The summed E-state index contributed by atoms with van der Waals surface area (Å²) in [7, 11) is 0. The lowest BCUT2D eigenvalue weighted by Gasteiger charge is -2.30. The lowest BCUT2D eigenvalue weighted by atomic mass is 9.80. The third-order valence-corrected chi connectivity index (χ3v) is 3.52. The van der Waals surface area contributed by atoms with Gasteiger partial charge in [0.1, 0.15) is 0 Å². The molecule has 0 bridgehead atoms. The molecule has 25 heavy (non-hydrogen) atoms. The molecule has 0 atom stereocenters.